The Labute approximate surface area is 121 Å². The van der Waals surface area contributed by atoms with Crippen LogP contribution in [0.25, 0.3) is 0 Å². The minimum atomic E-state index is -0.812. The van der Waals surface area contributed by atoms with E-state index >= 15 is 0 Å². The van der Waals surface area contributed by atoms with Gasteiger partial charge in [-0.15, -0.1) is 0 Å². The summed E-state index contributed by atoms with van der Waals surface area (Å²) < 4.78 is 11.1. The molecule has 0 heterocycles. The molecule has 2 rings (SSSR count). The average molecular weight is 279 g/mol. The molecule has 2 N–H and O–H groups in total. The smallest absolute Gasteiger partial charge is 0.161 e. The van der Waals surface area contributed by atoms with E-state index in [4.69, 9.17) is 9.47 Å². The van der Waals surface area contributed by atoms with Crippen LogP contribution < -0.4 is 14.8 Å². The molecule has 1 saturated carbocycles. The van der Waals surface area contributed by atoms with Crippen molar-refractivity contribution in [1.82, 2.24) is 5.32 Å². The summed E-state index contributed by atoms with van der Waals surface area (Å²) in [6.45, 7) is 4.82. The minimum absolute atomic E-state index is 0.263. The van der Waals surface area contributed by atoms with Gasteiger partial charge >= 0.3 is 0 Å². The van der Waals surface area contributed by atoms with Gasteiger partial charge in [-0.05, 0) is 43.9 Å². The summed E-state index contributed by atoms with van der Waals surface area (Å²) >= 11 is 0. The summed E-state index contributed by atoms with van der Waals surface area (Å²) in [6, 6.07) is 6.63. The average Bonchev–Trinajstić information content (AvgIpc) is 3.27. The monoisotopic (exact) mass is 279 g/mol. The highest BCUT2D eigenvalue weighted by Gasteiger charge is 2.21. The number of hydrogen-bond acceptors (Lipinski definition) is 4. The first-order valence-electron chi connectivity index (χ1n) is 7.29. The van der Waals surface area contributed by atoms with Crippen molar-refractivity contribution in [2.24, 2.45) is 0 Å². The quantitative estimate of drug-likeness (QED) is 0.767. The van der Waals surface area contributed by atoms with E-state index < -0.39 is 5.60 Å². The van der Waals surface area contributed by atoms with Crippen molar-refractivity contribution in [1.29, 1.82) is 0 Å². The molecule has 0 bridgehead atoms. The Bertz CT molecular complexity index is 441. The maximum Gasteiger partial charge on any atom is 0.161 e. The zero-order valence-electron chi connectivity index (χ0n) is 12.6. The van der Waals surface area contributed by atoms with Crippen molar-refractivity contribution >= 4 is 0 Å². The van der Waals surface area contributed by atoms with Crippen LogP contribution in [0.5, 0.6) is 11.5 Å². The summed E-state index contributed by atoms with van der Waals surface area (Å²) in [5.74, 6) is 1.39. The Kier molecular flexibility index (Phi) is 4.89. The molecular formula is C16H25NO3. The van der Waals surface area contributed by atoms with E-state index in [1.54, 1.807) is 14.0 Å². The van der Waals surface area contributed by atoms with Crippen LogP contribution in [0.4, 0.5) is 0 Å². The lowest BCUT2D eigenvalue weighted by Crippen LogP contribution is -2.31. The lowest BCUT2D eigenvalue weighted by molar-refractivity contribution is 0.00773. The minimum Gasteiger partial charge on any atom is -0.493 e. The third-order valence-electron chi connectivity index (χ3n) is 3.70. The zero-order valence-corrected chi connectivity index (χ0v) is 12.6. The van der Waals surface area contributed by atoms with Crippen molar-refractivity contribution in [3.05, 3.63) is 23.8 Å². The van der Waals surface area contributed by atoms with Crippen molar-refractivity contribution in [3.8, 4) is 11.5 Å². The third-order valence-corrected chi connectivity index (χ3v) is 3.70. The fraction of sp³-hybridized carbons (Fsp3) is 0.625. The fourth-order valence-corrected chi connectivity index (χ4v) is 1.83. The van der Waals surface area contributed by atoms with Crippen molar-refractivity contribution in [3.63, 3.8) is 0 Å². The molecule has 0 radical (unpaired) electrons. The van der Waals surface area contributed by atoms with E-state index in [2.05, 4.69) is 5.32 Å². The van der Waals surface area contributed by atoms with E-state index in [9.17, 15) is 5.11 Å². The molecule has 0 aromatic heterocycles. The lowest BCUT2D eigenvalue weighted by Gasteiger charge is -2.22. The molecule has 20 heavy (non-hydrogen) atoms. The Morgan fingerprint density at radius 3 is 2.70 bits per heavy atom. The highest BCUT2D eigenvalue weighted by Crippen LogP contribution is 2.29. The Hall–Kier alpha value is -1.26. The van der Waals surface area contributed by atoms with Crippen LogP contribution >= 0.6 is 0 Å². The van der Waals surface area contributed by atoms with E-state index in [1.807, 2.05) is 25.1 Å². The molecule has 1 aliphatic carbocycles. The predicted octanol–water partition coefficient (Wildman–Crippen LogP) is 2.49. The molecule has 0 saturated heterocycles. The molecule has 1 atom stereocenters. The summed E-state index contributed by atoms with van der Waals surface area (Å²) in [4.78, 5) is 0. The van der Waals surface area contributed by atoms with Crippen LogP contribution in [0.15, 0.2) is 18.2 Å². The first kappa shape index (κ1) is 15.1. The molecule has 0 spiro atoms. The van der Waals surface area contributed by atoms with Gasteiger partial charge in [0.15, 0.2) is 11.5 Å². The van der Waals surface area contributed by atoms with E-state index in [-0.39, 0.29) is 6.61 Å². The van der Waals surface area contributed by atoms with Gasteiger partial charge in [0.25, 0.3) is 0 Å². The van der Waals surface area contributed by atoms with Crippen LogP contribution in [0.1, 0.15) is 38.7 Å². The number of ether oxygens (including phenoxy) is 2. The normalized spacial score (nSPS) is 17.6. The topological polar surface area (TPSA) is 50.7 Å². The van der Waals surface area contributed by atoms with Crippen LogP contribution in [-0.2, 0) is 6.54 Å². The van der Waals surface area contributed by atoms with E-state index in [1.165, 1.54) is 18.4 Å². The molecular weight excluding hydrogens is 254 g/mol. The number of benzene rings is 1. The van der Waals surface area contributed by atoms with Crippen LogP contribution in [-0.4, -0.2) is 30.5 Å². The van der Waals surface area contributed by atoms with E-state index in [0.717, 1.165) is 6.54 Å². The summed E-state index contributed by atoms with van der Waals surface area (Å²) in [5.41, 5.74) is 0.358. The van der Waals surface area contributed by atoms with Gasteiger partial charge in [-0.25, -0.2) is 0 Å². The van der Waals surface area contributed by atoms with Crippen LogP contribution in [0.2, 0.25) is 0 Å². The van der Waals surface area contributed by atoms with Gasteiger partial charge in [-0.3, -0.25) is 0 Å². The lowest BCUT2D eigenvalue weighted by atomic mass is 10.1. The SMILES string of the molecule is CCC(C)(O)COc1cc(CNC2CC2)ccc1OC. The second-order valence-electron chi connectivity index (χ2n) is 5.78. The van der Waals surface area contributed by atoms with Gasteiger partial charge in [-0.1, -0.05) is 13.0 Å². The van der Waals surface area contributed by atoms with Gasteiger partial charge < -0.3 is 19.9 Å². The number of methoxy groups -OCH3 is 1. The number of nitrogens with one attached hydrogen (secondary N) is 1. The number of hydrogen-bond donors (Lipinski definition) is 2. The molecule has 112 valence electrons. The van der Waals surface area contributed by atoms with Crippen molar-refractivity contribution in [2.75, 3.05) is 13.7 Å². The van der Waals surface area contributed by atoms with Crippen molar-refractivity contribution in [2.45, 2.75) is 51.3 Å². The van der Waals surface area contributed by atoms with Gasteiger partial charge in [-0.2, -0.15) is 0 Å². The Morgan fingerprint density at radius 2 is 2.10 bits per heavy atom. The number of aliphatic hydroxyl groups is 1. The first-order valence-corrected chi connectivity index (χ1v) is 7.29. The Morgan fingerprint density at radius 1 is 1.35 bits per heavy atom. The summed E-state index contributed by atoms with van der Waals surface area (Å²) in [6.07, 6.45) is 3.20. The largest absolute Gasteiger partial charge is 0.493 e. The molecule has 1 unspecified atom stereocenters. The fourth-order valence-electron chi connectivity index (χ4n) is 1.83. The maximum atomic E-state index is 10.0. The molecule has 1 aliphatic rings. The summed E-state index contributed by atoms with van der Waals surface area (Å²) in [7, 11) is 1.63. The van der Waals surface area contributed by atoms with Gasteiger partial charge in [0.2, 0.25) is 0 Å². The Balaban J connectivity index is 2.01. The van der Waals surface area contributed by atoms with E-state index in [0.29, 0.717) is 24.0 Å². The molecule has 1 aromatic carbocycles. The molecule has 1 aromatic rings. The molecule has 0 aliphatic heterocycles. The maximum absolute atomic E-state index is 10.0. The van der Waals surface area contributed by atoms with Gasteiger partial charge in [0, 0.05) is 12.6 Å². The number of rotatable bonds is 8. The highest BCUT2D eigenvalue weighted by molar-refractivity contribution is 5.43. The standard InChI is InChI=1S/C16H25NO3/c1-4-16(2,18)11-20-15-9-12(5-8-14(15)19-3)10-17-13-6-7-13/h5,8-9,13,17-18H,4,6-7,10-11H2,1-3H3. The predicted molar refractivity (Wildman–Crippen MR) is 79.3 cm³/mol. The van der Waals surface area contributed by atoms with Crippen LogP contribution in [0.3, 0.4) is 0 Å². The van der Waals surface area contributed by atoms with Gasteiger partial charge in [0.05, 0.1) is 12.7 Å². The highest BCUT2D eigenvalue weighted by atomic mass is 16.5. The summed E-state index contributed by atoms with van der Waals surface area (Å²) in [5, 5.41) is 13.5. The molecule has 4 heteroatoms. The van der Waals surface area contributed by atoms with Crippen LogP contribution in [0, 0.1) is 0 Å². The first-order chi connectivity index (χ1) is 9.54. The molecule has 1 fully saturated rings. The van der Waals surface area contributed by atoms with Gasteiger partial charge in [0.1, 0.15) is 6.61 Å². The second-order valence-corrected chi connectivity index (χ2v) is 5.78. The molecule has 0 amide bonds. The molecule has 4 nitrogen and oxygen atoms in total. The zero-order chi connectivity index (χ0) is 14.6. The third kappa shape index (κ3) is 4.39. The second kappa shape index (κ2) is 6.46. The van der Waals surface area contributed by atoms with Crippen molar-refractivity contribution < 1.29 is 14.6 Å².